The minimum Gasteiger partial charge on any atom is -0.493 e. The number of amides is 1. The van der Waals surface area contributed by atoms with Crippen molar-refractivity contribution in [2.75, 3.05) is 13.7 Å². The number of benzene rings is 1. The van der Waals surface area contributed by atoms with Gasteiger partial charge in [0, 0.05) is 12.1 Å². The van der Waals surface area contributed by atoms with Gasteiger partial charge in [-0.2, -0.15) is 0 Å². The molecule has 0 spiro atoms. The lowest BCUT2D eigenvalue weighted by Gasteiger charge is -2.26. The summed E-state index contributed by atoms with van der Waals surface area (Å²) in [6.07, 6.45) is 0. The number of nitro benzene ring substituents is 1. The number of hydrogen-bond donors (Lipinski definition) is 0. The van der Waals surface area contributed by atoms with Gasteiger partial charge in [-0.25, -0.2) is 0 Å². The number of aryl methyl sites for hydroxylation is 1. The highest BCUT2D eigenvalue weighted by molar-refractivity contribution is 5.99. The molecule has 0 atom stereocenters. The van der Waals surface area contributed by atoms with Gasteiger partial charge in [-0.05, 0) is 39.8 Å². The monoisotopic (exact) mass is 376 g/mol. The molecule has 0 radical (unpaired) electrons. The first-order valence-electron chi connectivity index (χ1n) is 8.64. The van der Waals surface area contributed by atoms with Gasteiger partial charge in [0.25, 0.3) is 11.6 Å². The first kappa shape index (κ1) is 20.3. The SMILES string of the molecule is CCOc1cc(C(=O)N(Cc2ccc(C)o2)C(C)C)c([N+](=O)[O-])cc1OC. The summed E-state index contributed by atoms with van der Waals surface area (Å²) in [6, 6.07) is 5.98. The van der Waals surface area contributed by atoms with E-state index >= 15 is 0 Å². The Labute approximate surface area is 157 Å². The third-order valence-corrected chi connectivity index (χ3v) is 4.02. The summed E-state index contributed by atoms with van der Waals surface area (Å²) >= 11 is 0. The van der Waals surface area contributed by atoms with E-state index in [0.717, 1.165) is 5.76 Å². The van der Waals surface area contributed by atoms with Gasteiger partial charge in [-0.3, -0.25) is 14.9 Å². The van der Waals surface area contributed by atoms with Crippen molar-refractivity contribution in [3.05, 3.63) is 51.5 Å². The van der Waals surface area contributed by atoms with E-state index in [9.17, 15) is 14.9 Å². The molecule has 1 aromatic carbocycles. The second-order valence-electron chi connectivity index (χ2n) is 6.25. The van der Waals surface area contributed by atoms with Gasteiger partial charge in [-0.1, -0.05) is 0 Å². The van der Waals surface area contributed by atoms with Gasteiger partial charge >= 0.3 is 0 Å². The minimum atomic E-state index is -0.596. The molecule has 2 rings (SSSR count). The van der Waals surface area contributed by atoms with Crippen LogP contribution in [0.15, 0.2) is 28.7 Å². The molecule has 27 heavy (non-hydrogen) atoms. The van der Waals surface area contributed by atoms with Crippen molar-refractivity contribution in [3.63, 3.8) is 0 Å². The molecule has 2 aromatic rings. The van der Waals surface area contributed by atoms with Crippen LogP contribution in [-0.2, 0) is 6.54 Å². The van der Waals surface area contributed by atoms with E-state index < -0.39 is 10.8 Å². The fourth-order valence-corrected chi connectivity index (χ4v) is 2.68. The molecule has 0 N–H and O–H groups in total. The van der Waals surface area contributed by atoms with Crippen molar-refractivity contribution in [1.82, 2.24) is 4.90 Å². The van der Waals surface area contributed by atoms with Crippen LogP contribution in [0.25, 0.3) is 0 Å². The van der Waals surface area contributed by atoms with Gasteiger partial charge in [0.1, 0.15) is 17.1 Å². The van der Waals surface area contributed by atoms with Crippen LogP contribution in [0.4, 0.5) is 5.69 Å². The first-order chi connectivity index (χ1) is 12.8. The van der Waals surface area contributed by atoms with Crippen molar-refractivity contribution in [3.8, 4) is 11.5 Å². The zero-order chi connectivity index (χ0) is 20.1. The van der Waals surface area contributed by atoms with Gasteiger partial charge in [0.05, 0.1) is 31.3 Å². The fourth-order valence-electron chi connectivity index (χ4n) is 2.68. The second kappa shape index (κ2) is 8.57. The maximum atomic E-state index is 13.2. The molecule has 0 aliphatic heterocycles. The molecule has 8 heteroatoms. The fraction of sp³-hybridized carbons (Fsp3) is 0.421. The quantitative estimate of drug-likeness (QED) is 0.511. The molecular formula is C19H24N2O6. The number of ether oxygens (including phenoxy) is 2. The van der Waals surface area contributed by atoms with Crippen LogP contribution in [0.5, 0.6) is 11.5 Å². The smallest absolute Gasteiger partial charge is 0.286 e. The number of carbonyl (C=O) groups excluding carboxylic acids is 1. The predicted octanol–water partition coefficient (Wildman–Crippen LogP) is 3.95. The molecule has 1 aromatic heterocycles. The van der Waals surface area contributed by atoms with Crippen LogP contribution in [0, 0.1) is 17.0 Å². The van der Waals surface area contributed by atoms with E-state index in [1.807, 2.05) is 20.8 Å². The molecule has 0 aliphatic carbocycles. The second-order valence-corrected chi connectivity index (χ2v) is 6.25. The Morgan fingerprint density at radius 2 is 2.00 bits per heavy atom. The third-order valence-electron chi connectivity index (χ3n) is 4.02. The summed E-state index contributed by atoms with van der Waals surface area (Å²) in [5, 5.41) is 11.5. The van der Waals surface area contributed by atoms with Gasteiger partial charge in [0.2, 0.25) is 0 Å². The van der Waals surface area contributed by atoms with E-state index in [0.29, 0.717) is 12.4 Å². The Kier molecular flexibility index (Phi) is 6.44. The van der Waals surface area contributed by atoms with Crippen LogP contribution < -0.4 is 9.47 Å². The van der Waals surface area contributed by atoms with Crippen LogP contribution in [-0.4, -0.2) is 35.5 Å². The van der Waals surface area contributed by atoms with E-state index in [1.54, 1.807) is 19.1 Å². The summed E-state index contributed by atoms with van der Waals surface area (Å²) < 4.78 is 16.2. The number of carbonyl (C=O) groups is 1. The van der Waals surface area contributed by atoms with Gasteiger partial charge in [-0.15, -0.1) is 0 Å². The minimum absolute atomic E-state index is 0.0544. The lowest BCUT2D eigenvalue weighted by molar-refractivity contribution is -0.385. The Morgan fingerprint density at radius 3 is 2.48 bits per heavy atom. The molecule has 0 aliphatic rings. The predicted molar refractivity (Wildman–Crippen MR) is 99.3 cm³/mol. The van der Waals surface area contributed by atoms with Crippen LogP contribution in [0.1, 0.15) is 42.6 Å². The molecule has 1 heterocycles. The zero-order valence-electron chi connectivity index (χ0n) is 16.1. The molecule has 0 saturated carbocycles. The van der Waals surface area contributed by atoms with E-state index in [1.165, 1.54) is 24.1 Å². The Hall–Kier alpha value is -3.03. The summed E-state index contributed by atoms with van der Waals surface area (Å²) in [4.78, 5) is 25.6. The van der Waals surface area contributed by atoms with Crippen molar-refractivity contribution in [2.24, 2.45) is 0 Å². The van der Waals surface area contributed by atoms with Crippen molar-refractivity contribution >= 4 is 11.6 Å². The number of furan rings is 1. The summed E-state index contributed by atoms with van der Waals surface area (Å²) in [5.74, 6) is 1.35. The first-order valence-corrected chi connectivity index (χ1v) is 8.64. The molecular weight excluding hydrogens is 352 g/mol. The highest BCUT2D eigenvalue weighted by Gasteiger charge is 2.29. The number of hydrogen-bond acceptors (Lipinski definition) is 6. The number of nitrogens with zero attached hydrogens (tertiary/aromatic N) is 2. The number of nitro groups is 1. The molecule has 146 valence electrons. The Balaban J connectivity index is 2.49. The molecule has 0 fully saturated rings. The number of rotatable bonds is 8. The lowest BCUT2D eigenvalue weighted by atomic mass is 10.1. The van der Waals surface area contributed by atoms with Crippen molar-refractivity contribution < 1.29 is 23.6 Å². The van der Waals surface area contributed by atoms with Crippen LogP contribution in [0.2, 0.25) is 0 Å². The summed E-state index contributed by atoms with van der Waals surface area (Å²) in [6.45, 7) is 7.81. The third kappa shape index (κ3) is 4.58. The van der Waals surface area contributed by atoms with E-state index in [4.69, 9.17) is 13.9 Å². The zero-order valence-corrected chi connectivity index (χ0v) is 16.1. The van der Waals surface area contributed by atoms with Gasteiger partial charge in [0.15, 0.2) is 11.5 Å². The largest absolute Gasteiger partial charge is 0.493 e. The summed E-state index contributed by atoms with van der Waals surface area (Å²) in [5.41, 5.74) is -0.386. The topological polar surface area (TPSA) is 95.0 Å². The maximum absolute atomic E-state index is 13.2. The molecule has 1 amide bonds. The highest BCUT2D eigenvalue weighted by atomic mass is 16.6. The molecule has 0 saturated heterocycles. The average Bonchev–Trinajstić information content (AvgIpc) is 3.03. The van der Waals surface area contributed by atoms with E-state index in [-0.39, 0.29) is 35.3 Å². The lowest BCUT2D eigenvalue weighted by Crippen LogP contribution is -2.36. The van der Waals surface area contributed by atoms with Gasteiger partial charge < -0.3 is 18.8 Å². The highest BCUT2D eigenvalue weighted by Crippen LogP contribution is 2.35. The standard InChI is InChI=1S/C19H24N2O6/c1-6-26-18-9-15(16(21(23)24)10-17(18)25-5)19(22)20(12(2)3)11-14-8-7-13(4)27-14/h7-10,12H,6,11H2,1-5H3. The Morgan fingerprint density at radius 1 is 1.30 bits per heavy atom. The van der Waals surface area contributed by atoms with Crippen molar-refractivity contribution in [2.45, 2.75) is 40.3 Å². The normalized spacial score (nSPS) is 10.7. The van der Waals surface area contributed by atoms with Crippen LogP contribution in [0.3, 0.4) is 0 Å². The number of methoxy groups -OCH3 is 1. The molecule has 0 bridgehead atoms. The van der Waals surface area contributed by atoms with E-state index in [2.05, 4.69) is 0 Å². The maximum Gasteiger partial charge on any atom is 0.286 e. The van der Waals surface area contributed by atoms with Crippen molar-refractivity contribution in [1.29, 1.82) is 0 Å². The Bertz CT molecular complexity index is 828. The molecule has 8 nitrogen and oxygen atoms in total. The average molecular weight is 376 g/mol. The molecule has 0 unspecified atom stereocenters. The summed E-state index contributed by atoms with van der Waals surface area (Å²) in [7, 11) is 1.39. The van der Waals surface area contributed by atoms with Crippen LogP contribution >= 0.6 is 0 Å².